The Balaban J connectivity index is 1.51. The molecule has 0 radical (unpaired) electrons. The highest BCUT2D eigenvalue weighted by Gasteiger charge is 2.32. The molecule has 0 aromatic heterocycles. The first kappa shape index (κ1) is 22.4. The van der Waals surface area contributed by atoms with Gasteiger partial charge in [-0.1, -0.05) is 66.7 Å². The molecule has 0 aliphatic carbocycles. The molecule has 0 saturated carbocycles. The Kier molecular flexibility index (Phi) is 6.93. The summed E-state index contributed by atoms with van der Waals surface area (Å²) in [5, 5.41) is 5.85. The van der Waals surface area contributed by atoms with E-state index in [0.29, 0.717) is 31.0 Å². The summed E-state index contributed by atoms with van der Waals surface area (Å²) in [6, 6.07) is 25.2. The molecule has 1 saturated heterocycles. The van der Waals surface area contributed by atoms with Gasteiger partial charge in [-0.05, 0) is 49.1 Å². The lowest BCUT2D eigenvalue weighted by Gasteiger charge is -2.39. The van der Waals surface area contributed by atoms with E-state index in [0.717, 1.165) is 23.1 Å². The number of benzene rings is 3. The highest BCUT2D eigenvalue weighted by Crippen LogP contribution is 2.32. The van der Waals surface area contributed by atoms with Crippen LogP contribution in [0.4, 0.5) is 21.0 Å². The van der Waals surface area contributed by atoms with E-state index in [-0.39, 0.29) is 18.1 Å². The number of urea groups is 2. The summed E-state index contributed by atoms with van der Waals surface area (Å²) in [6.07, 6.45) is 0.858. The lowest BCUT2D eigenvalue weighted by Crippen LogP contribution is -2.50. The van der Waals surface area contributed by atoms with Crippen LogP contribution in [0.5, 0.6) is 0 Å². The van der Waals surface area contributed by atoms with E-state index in [4.69, 9.17) is 0 Å². The standard InChI is InChI=1S/C27H30N4O2/c1-20-14-15-25(24(18-20)29-26(32)28-19-22-10-5-3-6-11-22)31-17-9-16-30(27(31)33)21(2)23-12-7-4-8-13-23/h3-8,10-15,18,21H,9,16-17,19H2,1-2H3,(H2,28,29,32)/t21-/m1/s1. The first-order valence-electron chi connectivity index (χ1n) is 11.4. The molecule has 6 nitrogen and oxygen atoms in total. The van der Waals surface area contributed by atoms with Gasteiger partial charge in [0.2, 0.25) is 0 Å². The van der Waals surface area contributed by atoms with Crippen molar-refractivity contribution in [1.29, 1.82) is 0 Å². The van der Waals surface area contributed by atoms with Crippen molar-refractivity contribution in [3.05, 3.63) is 95.6 Å². The Morgan fingerprint density at radius 3 is 2.39 bits per heavy atom. The Morgan fingerprint density at radius 1 is 0.970 bits per heavy atom. The van der Waals surface area contributed by atoms with Gasteiger partial charge in [-0.15, -0.1) is 0 Å². The number of carbonyl (C=O) groups is 2. The van der Waals surface area contributed by atoms with E-state index in [2.05, 4.69) is 17.6 Å². The van der Waals surface area contributed by atoms with Gasteiger partial charge in [-0.3, -0.25) is 4.90 Å². The van der Waals surface area contributed by atoms with E-state index in [1.54, 1.807) is 4.90 Å². The zero-order valence-corrected chi connectivity index (χ0v) is 19.1. The second-order valence-electron chi connectivity index (χ2n) is 8.38. The number of nitrogens with zero attached hydrogens (tertiary/aromatic N) is 2. The summed E-state index contributed by atoms with van der Waals surface area (Å²) in [5.41, 5.74) is 4.48. The lowest BCUT2D eigenvalue weighted by molar-refractivity contribution is 0.175. The minimum Gasteiger partial charge on any atom is -0.334 e. The van der Waals surface area contributed by atoms with Crippen molar-refractivity contribution in [2.75, 3.05) is 23.3 Å². The van der Waals surface area contributed by atoms with Crippen LogP contribution >= 0.6 is 0 Å². The maximum atomic E-state index is 13.5. The minimum atomic E-state index is -0.301. The highest BCUT2D eigenvalue weighted by molar-refractivity contribution is 6.00. The van der Waals surface area contributed by atoms with Crippen LogP contribution < -0.4 is 15.5 Å². The Labute approximate surface area is 195 Å². The molecule has 170 valence electrons. The number of hydrogen-bond donors (Lipinski definition) is 2. The van der Waals surface area contributed by atoms with Crippen molar-refractivity contribution in [2.45, 2.75) is 32.9 Å². The van der Waals surface area contributed by atoms with E-state index in [1.807, 2.05) is 90.7 Å². The molecule has 0 spiro atoms. The quantitative estimate of drug-likeness (QED) is 0.514. The van der Waals surface area contributed by atoms with Crippen molar-refractivity contribution < 1.29 is 9.59 Å². The summed E-state index contributed by atoms with van der Waals surface area (Å²) in [5.74, 6) is 0. The fourth-order valence-electron chi connectivity index (χ4n) is 4.17. The molecule has 4 rings (SSSR count). The average molecular weight is 443 g/mol. The molecular formula is C27H30N4O2. The topological polar surface area (TPSA) is 64.7 Å². The predicted molar refractivity (Wildman–Crippen MR) is 132 cm³/mol. The summed E-state index contributed by atoms with van der Waals surface area (Å²) in [6.45, 7) is 5.78. The van der Waals surface area contributed by atoms with Crippen LogP contribution in [0.15, 0.2) is 78.9 Å². The second-order valence-corrected chi connectivity index (χ2v) is 8.38. The third kappa shape index (κ3) is 5.34. The number of nitrogens with one attached hydrogen (secondary N) is 2. The minimum absolute atomic E-state index is 0.0301. The Bertz CT molecular complexity index is 1100. The average Bonchev–Trinajstić information content (AvgIpc) is 2.84. The van der Waals surface area contributed by atoms with E-state index >= 15 is 0 Å². The molecule has 6 heteroatoms. The molecule has 2 N–H and O–H groups in total. The summed E-state index contributed by atoms with van der Waals surface area (Å²) < 4.78 is 0. The number of rotatable bonds is 6. The van der Waals surface area contributed by atoms with Crippen molar-refractivity contribution >= 4 is 23.4 Å². The molecule has 1 aliphatic heterocycles. The van der Waals surface area contributed by atoms with Gasteiger partial charge in [0, 0.05) is 19.6 Å². The van der Waals surface area contributed by atoms with E-state index in [1.165, 1.54) is 0 Å². The molecule has 1 heterocycles. The fourth-order valence-corrected chi connectivity index (χ4v) is 4.17. The molecule has 33 heavy (non-hydrogen) atoms. The molecule has 3 aromatic carbocycles. The number of hydrogen-bond acceptors (Lipinski definition) is 2. The number of aryl methyl sites for hydroxylation is 1. The normalized spacial score (nSPS) is 14.7. The SMILES string of the molecule is Cc1ccc(N2CCCN([C@H](C)c3ccccc3)C2=O)c(NC(=O)NCc2ccccc2)c1. The van der Waals surface area contributed by atoms with Gasteiger partial charge >= 0.3 is 12.1 Å². The molecule has 0 unspecified atom stereocenters. The summed E-state index contributed by atoms with van der Waals surface area (Å²) >= 11 is 0. The number of carbonyl (C=O) groups excluding carboxylic acids is 2. The van der Waals surface area contributed by atoms with Gasteiger partial charge in [-0.25, -0.2) is 9.59 Å². The Morgan fingerprint density at radius 2 is 1.67 bits per heavy atom. The van der Waals surface area contributed by atoms with Crippen LogP contribution in [0.2, 0.25) is 0 Å². The molecular weight excluding hydrogens is 412 g/mol. The van der Waals surface area contributed by atoms with Gasteiger partial charge in [0.25, 0.3) is 0 Å². The number of amides is 4. The maximum absolute atomic E-state index is 13.5. The van der Waals surface area contributed by atoms with Crippen molar-refractivity contribution in [3.63, 3.8) is 0 Å². The zero-order chi connectivity index (χ0) is 23.2. The molecule has 3 aromatic rings. The summed E-state index contributed by atoms with van der Waals surface area (Å²) in [7, 11) is 0. The molecule has 1 fully saturated rings. The third-order valence-electron chi connectivity index (χ3n) is 5.99. The van der Waals surface area contributed by atoms with Gasteiger partial charge < -0.3 is 15.5 Å². The van der Waals surface area contributed by atoms with E-state index in [9.17, 15) is 9.59 Å². The highest BCUT2D eigenvalue weighted by atomic mass is 16.2. The zero-order valence-electron chi connectivity index (χ0n) is 19.1. The van der Waals surface area contributed by atoms with Crippen LogP contribution in [0.3, 0.4) is 0 Å². The molecule has 1 aliphatic rings. The fraction of sp³-hybridized carbons (Fsp3) is 0.259. The van der Waals surface area contributed by atoms with Crippen LogP contribution in [-0.4, -0.2) is 30.1 Å². The second kappa shape index (κ2) is 10.2. The lowest BCUT2D eigenvalue weighted by atomic mass is 10.1. The largest absolute Gasteiger partial charge is 0.334 e. The first-order valence-corrected chi connectivity index (χ1v) is 11.4. The van der Waals surface area contributed by atoms with Gasteiger partial charge in [0.05, 0.1) is 17.4 Å². The molecule has 4 amide bonds. The monoisotopic (exact) mass is 442 g/mol. The van der Waals surface area contributed by atoms with Crippen LogP contribution in [0.1, 0.15) is 36.1 Å². The third-order valence-corrected chi connectivity index (χ3v) is 5.99. The van der Waals surface area contributed by atoms with Crippen LogP contribution in [0.25, 0.3) is 0 Å². The number of anilines is 2. The van der Waals surface area contributed by atoms with Crippen molar-refractivity contribution in [1.82, 2.24) is 10.2 Å². The maximum Gasteiger partial charge on any atom is 0.325 e. The summed E-state index contributed by atoms with van der Waals surface area (Å²) in [4.78, 5) is 29.8. The van der Waals surface area contributed by atoms with Crippen LogP contribution in [-0.2, 0) is 6.54 Å². The smallest absolute Gasteiger partial charge is 0.325 e. The van der Waals surface area contributed by atoms with E-state index < -0.39 is 0 Å². The first-order chi connectivity index (χ1) is 16.0. The van der Waals surface area contributed by atoms with Crippen molar-refractivity contribution in [3.8, 4) is 0 Å². The molecule has 0 bridgehead atoms. The Hall–Kier alpha value is -3.80. The van der Waals surface area contributed by atoms with Gasteiger partial charge in [0.1, 0.15) is 0 Å². The predicted octanol–water partition coefficient (Wildman–Crippen LogP) is 5.71. The van der Waals surface area contributed by atoms with Gasteiger partial charge in [-0.2, -0.15) is 0 Å². The van der Waals surface area contributed by atoms with Crippen molar-refractivity contribution in [2.24, 2.45) is 0 Å². The molecule has 1 atom stereocenters. The van der Waals surface area contributed by atoms with Crippen LogP contribution in [0, 0.1) is 6.92 Å². The van der Waals surface area contributed by atoms with Gasteiger partial charge in [0.15, 0.2) is 0 Å².